The first-order valence-electron chi connectivity index (χ1n) is 6.92. The van der Waals surface area contributed by atoms with Crippen LogP contribution >= 0.6 is 12.2 Å². The molecule has 0 amide bonds. The molecule has 2 rings (SSSR count). The zero-order chi connectivity index (χ0) is 15.1. The van der Waals surface area contributed by atoms with E-state index in [4.69, 9.17) is 12.2 Å². The third-order valence-electron chi connectivity index (χ3n) is 2.93. The van der Waals surface area contributed by atoms with Gasteiger partial charge in [-0.3, -0.25) is 5.43 Å². The van der Waals surface area contributed by atoms with Crippen LogP contribution in [0.25, 0.3) is 0 Å². The molecule has 0 saturated heterocycles. The van der Waals surface area contributed by atoms with E-state index in [-0.39, 0.29) is 0 Å². The van der Waals surface area contributed by atoms with E-state index in [1.807, 2.05) is 60.7 Å². The van der Waals surface area contributed by atoms with Crippen molar-refractivity contribution in [2.75, 3.05) is 5.32 Å². The van der Waals surface area contributed by atoms with E-state index in [9.17, 15) is 0 Å². The number of nitrogens with one attached hydrogen (secondary N) is 2. The van der Waals surface area contributed by atoms with Gasteiger partial charge >= 0.3 is 0 Å². The third kappa shape index (κ3) is 4.68. The Kier molecular flexibility index (Phi) is 5.46. The Balaban J connectivity index is 2.05. The number of nitrogens with zero attached hydrogens (tertiary/aromatic N) is 1. The second-order valence-electron chi connectivity index (χ2n) is 4.95. The maximum atomic E-state index is 5.26. The second kappa shape index (κ2) is 7.55. The van der Waals surface area contributed by atoms with Crippen LogP contribution in [0.15, 0.2) is 65.8 Å². The number of thiocarbonyl (C=S) groups is 1. The summed E-state index contributed by atoms with van der Waals surface area (Å²) in [6.07, 6.45) is 0. The summed E-state index contributed by atoms with van der Waals surface area (Å²) in [5.41, 5.74) is 5.94. The van der Waals surface area contributed by atoms with Crippen molar-refractivity contribution < 1.29 is 0 Å². The van der Waals surface area contributed by atoms with Crippen molar-refractivity contribution in [3.05, 3.63) is 66.2 Å². The molecule has 0 atom stereocenters. The topological polar surface area (TPSA) is 36.4 Å². The molecule has 0 aromatic heterocycles. The molecule has 2 aromatic rings. The molecule has 0 aliphatic carbocycles. The quantitative estimate of drug-likeness (QED) is 0.508. The minimum atomic E-state index is 0.305. The number of hydrogen-bond acceptors (Lipinski definition) is 2. The van der Waals surface area contributed by atoms with Gasteiger partial charge in [0.1, 0.15) is 0 Å². The highest BCUT2D eigenvalue weighted by atomic mass is 32.1. The summed E-state index contributed by atoms with van der Waals surface area (Å²) in [6, 6.07) is 19.9. The Morgan fingerprint density at radius 2 is 1.52 bits per heavy atom. The van der Waals surface area contributed by atoms with Crippen LogP contribution in [0.5, 0.6) is 0 Å². The summed E-state index contributed by atoms with van der Waals surface area (Å²) in [6.45, 7) is 4.22. The van der Waals surface area contributed by atoms with E-state index >= 15 is 0 Å². The maximum Gasteiger partial charge on any atom is 0.191 e. The van der Waals surface area contributed by atoms with Gasteiger partial charge in [-0.05, 0) is 35.8 Å². The first kappa shape index (κ1) is 15.2. The fourth-order valence-corrected chi connectivity index (χ4v) is 2.09. The van der Waals surface area contributed by atoms with E-state index in [2.05, 4.69) is 29.7 Å². The molecule has 21 heavy (non-hydrogen) atoms. The van der Waals surface area contributed by atoms with Crippen LogP contribution in [0.3, 0.4) is 0 Å². The summed E-state index contributed by atoms with van der Waals surface area (Å²) in [5.74, 6) is 0.305. The molecule has 0 radical (unpaired) electrons. The van der Waals surface area contributed by atoms with Crippen LogP contribution in [0.1, 0.15) is 19.4 Å². The van der Waals surface area contributed by atoms with Crippen LogP contribution < -0.4 is 10.7 Å². The molecule has 0 spiro atoms. The zero-order valence-electron chi connectivity index (χ0n) is 12.2. The molecular formula is C17H19N3S. The zero-order valence-corrected chi connectivity index (χ0v) is 13.0. The van der Waals surface area contributed by atoms with Crippen molar-refractivity contribution in [3.8, 4) is 0 Å². The van der Waals surface area contributed by atoms with Gasteiger partial charge in [0.25, 0.3) is 0 Å². The Morgan fingerprint density at radius 1 is 0.952 bits per heavy atom. The molecule has 3 nitrogen and oxygen atoms in total. The standard InChI is InChI=1S/C17H19N3S/c1-13(2)16(14-9-5-3-6-10-14)19-20-17(21)18-15-11-7-4-8-12-15/h3-13H,1-2H3,(H2,18,20,21). The fraction of sp³-hybridized carbons (Fsp3) is 0.176. The summed E-state index contributed by atoms with van der Waals surface area (Å²) in [7, 11) is 0. The number of anilines is 1. The van der Waals surface area contributed by atoms with Gasteiger partial charge in [-0.25, -0.2) is 0 Å². The molecule has 0 aliphatic heterocycles. The van der Waals surface area contributed by atoms with Crippen LogP contribution in [0.2, 0.25) is 0 Å². The summed E-state index contributed by atoms with van der Waals surface area (Å²) in [4.78, 5) is 0. The predicted molar refractivity (Wildman–Crippen MR) is 93.6 cm³/mol. The third-order valence-corrected chi connectivity index (χ3v) is 3.12. The predicted octanol–water partition coefficient (Wildman–Crippen LogP) is 4.03. The lowest BCUT2D eigenvalue weighted by Gasteiger charge is -2.12. The summed E-state index contributed by atoms with van der Waals surface area (Å²) < 4.78 is 0. The number of hydrogen-bond donors (Lipinski definition) is 2. The molecule has 108 valence electrons. The second-order valence-corrected chi connectivity index (χ2v) is 5.36. The highest BCUT2D eigenvalue weighted by Gasteiger charge is 2.08. The maximum absolute atomic E-state index is 5.26. The van der Waals surface area contributed by atoms with E-state index in [0.29, 0.717) is 11.0 Å². The molecule has 0 bridgehead atoms. The number of hydrazone groups is 1. The highest BCUT2D eigenvalue weighted by molar-refractivity contribution is 7.80. The Morgan fingerprint density at radius 3 is 2.10 bits per heavy atom. The van der Waals surface area contributed by atoms with Gasteiger partial charge in [0.15, 0.2) is 5.11 Å². The normalized spacial score (nSPS) is 11.3. The molecule has 2 aromatic carbocycles. The van der Waals surface area contributed by atoms with Crippen LogP contribution in [0, 0.1) is 5.92 Å². The van der Waals surface area contributed by atoms with Gasteiger partial charge in [0, 0.05) is 5.69 Å². The lowest BCUT2D eigenvalue weighted by atomic mass is 10.0. The average Bonchev–Trinajstić information content (AvgIpc) is 2.49. The van der Waals surface area contributed by atoms with Gasteiger partial charge in [0.2, 0.25) is 0 Å². The molecule has 0 unspecified atom stereocenters. The molecule has 0 saturated carbocycles. The molecule has 0 fully saturated rings. The van der Waals surface area contributed by atoms with Crippen molar-refractivity contribution in [2.24, 2.45) is 11.0 Å². The summed E-state index contributed by atoms with van der Waals surface area (Å²) in [5, 5.41) is 8.04. The van der Waals surface area contributed by atoms with Crippen molar-refractivity contribution in [2.45, 2.75) is 13.8 Å². The number of rotatable bonds is 4. The van der Waals surface area contributed by atoms with Gasteiger partial charge < -0.3 is 5.32 Å². The Labute approximate surface area is 131 Å². The monoisotopic (exact) mass is 297 g/mol. The first-order valence-corrected chi connectivity index (χ1v) is 7.32. The SMILES string of the molecule is CC(C)C(=NNC(=S)Nc1ccccc1)c1ccccc1. The Bertz CT molecular complexity index is 606. The van der Waals surface area contributed by atoms with E-state index in [1.165, 1.54) is 0 Å². The lowest BCUT2D eigenvalue weighted by Crippen LogP contribution is -2.26. The minimum absolute atomic E-state index is 0.305. The molecular weight excluding hydrogens is 278 g/mol. The van der Waals surface area contributed by atoms with Crippen LogP contribution in [0.4, 0.5) is 5.69 Å². The lowest BCUT2D eigenvalue weighted by molar-refractivity contribution is 0.861. The van der Waals surface area contributed by atoms with E-state index < -0.39 is 0 Å². The van der Waals surface area contributed by atoms with E-state index in [0.717, 1.165) is 17.0 Å². The largest absolute Gasteiger partial charge is 0.331 e. The Hall–Kier alpha value is -2.20. The van der Waals surface area contributed by atoms with Crippen molar-refractivity contribution in [3.63, 3.8) is 0 Å². The molecule has 4 heteroatoms. The van der Waals surface area contributed by atoms with Crippen molar-refractivity contribution in [1.82, 2.24) is 5.43 Å². The summed E-state index contributed by atoms with van der Waals surface area (Å²) >= 11 is 5.26. The van der Waals surface area contributed by atoms with Crippen molar-refractivity contribution >= 4 is 28.7 Å². The van der Waals surface area contributed by atoms with Crippen LogP contribution in [-0.2, 0) is 0 Å². The molecule has 0 heterocycles. The highest BCUT2D eigenvalue weighted by Crippen LogP contribution is 2.09. The van der Waals surface area contributed by atoms with Crippen molar-refractivity contribution in [1.29, 1.82) is 0 Å². The van der Waals surface area contributed by atoms with Gasteiger partial charge in [0.05, 0.1) is 5.71 Å². The average molecular weight is 297 g/mol. The smallest absolute Gasteiger partial charge is 0.191 e. The minimum Gasteiger partial charge on any atom is -0.331 e. The first-order chi connectivity index (χ1) is 10.2. The molecule has 0 aliphatic rings. The van der Waals surface area contributed by atoms with Crippen LogP contribution in [-0.4, -0.2) is 10.8 Å². The van der Waals surface area contributed by atoms with Gasteiger partial charge in [-0.2, -0.15) is 5.10 Å². The number of benzene rings is 2. The van der Waals surface area contributed by atoms with Gasteiger partial charge in [-0.15, -0.1) is 0 Å². The fourth-order valence-electron chi connectivity index (χ4n) is 1.93. The molecule has 2 N–H and O–H groups in total. The van der Waals surface area contributed by atoms with E-state index in [1.54, 1.807) is 0 Å². The van der Waals surface area contributed by atoms with Gasteiger partial charge in [-0.1, -0.05) is 62.4 Å². The number of para-hydroxylation sites is 1.